The number of morpholine rings is 1. The summed E-state index contributed by atoms with van der Waals surface area (Å²) in [6.45, 7) is 7.41. The number of rotatable bonds is 1. The number of carbonyl (C=O) groups is 2. The number of carboxylic acids is 1. The number of carbonyl (C=O) groups excluding carboxylic acids is 1. The Balaban J connectivity index is 2.79. The highest BCUT2D eigenvalue weighted by Gasteiger charge is 2.39. The molecule has 2 atom stereocenters. The van der Waals surface area contributed by atoms with Crippen molar-refractivity contribution in [3.63, 3.8) is 0 Å². The molecule has 1 aliphatic rings. The van der Waals surface area contributed by atoms with Crippen LogP contribution in [0.15, 0.2) is 0 Å². The van der Waals surface area contributed by atoms with Crippen LogP contribution in [-0.2, 0) is 14.3 Å². The number of amides is 1. The van der Waals surface area contributed by atoms with E-state index in [9.17, 15) is 9.59 Å². The predicted octanol–water partition coefficient (Wildman–Crippen LogP) is 1.10. The minimum Gasteiger partial charge on any atom is -0.480 e. The van der Waals surface area contributed by atoms with E-state index in [-0.39, 0.29) is 6.54 Å². The third-order valence-corrected chi connectivity index (χ3v) is 2.37. The highest BCUT2D eigenvalue weighted by atomic mass is 16.6. The Labute approximate surface area is 100 Å². The molecule has 1 heterocycles. The standard InChI is InChI=1S/C11H19NO5/c1-7-8(9(13)14)12(5-6-16-7)10(15)17-11(2,3)4/h7-8H,5-6H2,1-4H3,(H,13,14)/t7-,8-/m1/s1. The van der Waals surface area contributed by atoms with Crippen molar-refractivity contribution in [2.45, 2.75) is 45.4 Å². The molecule has 0 saturated carbocycles. The van der Waals surface area contributed by atoms with Crippen molar-refractivity contribution in [3.8, 4) is 0 Å². The molecule has 98 valence electrons. The number of aliphatic carboxylic acids is 1. The van der Waals surface area contributed by atoms with Crippen LogP contribution in [0.2, 0.25) is 0 Å². The smallest absolute Gasteiger partial charge is 0.411 e. The zero-order valence-corrected chi connectivity index (χ0v) is 10.6. The summed E-state index contributed by atoms with van der Waals surface area (Å²) in [6.07, 6.45) is -1.14. The van der Waals surface area contributed by atoms with E-state index in [4.69, 9.17) is 14.6 Å². The van der Waals surface area contributed by atoms with Crippen molar-refractivity contribution >= 4 is 12.1 Å². The monoisotopic (exact) mass is 245 g/mol. The first-order valence-corrected chi connectivity index (χ1v) is 5.56. The van der Waals surface area contributed by atoms with Gasteiger partial charge < -0.3 is 14.6 Å². The number of hydrogen-bond acceptors (Lipinski definition) is 4. The molecule has 6 nitrogen and oxygen atoms in total. The van der Waals surface area contributed by atoms with Gasteiger partial charge in [0, 0.05) is 6.54 Å². The Bertz CT molecular complexity index is 309. The lowest BCUT2D eigenvalue weighted by Gasteiger charge is -2.37. The molecule has 1 saturated heterocycles. The number of carboxylic acid groups (broad SMARTS) is 1. The minimum absolute atomic E-state index is 0.232. The maximum Gasteiger partial charge on any atom is 0.411 e. The molecule has 0 spiro atoms. The topological polar surface area (TPSA) is 76.1 Å². The number of hydrogen-bond donors (Lipinski definition) is 1. The van der Waals surface area contributed by atoms with Crippen LogP contribution in [0.3, 0.4) is 0 Å². The third-order valence-electron chi connectivity index (χ3n) is 2.37. The fraction of sp³-hybridized carbons (Fsp3) is 0.818. The largest absolute Gasteiger partial charge is 0.480 e. The molecule has 0 aliphatic carbocycles. The van der Waals surface area contributed by atoms with Gasteiger partial charge in [0.2, 0.25) is 0 Å². The van der Waals surface area contributed by atoms with Crippen LogP contribution in [0.25, 0.3) is 0 Å². The van der Waals surface area contributed by atoms with Gasteiger partial charge in [-0.15, -0.1) is 0 Å². The van der Waals surface area contributed by atoms with Crippen LogP contribution in [0.4, 0.5) is 4.79 Å². The van der Waals surface area contributed by atoms with Crippen molar-refractivity contribution in [1.82, 2.24) is 4.90 Å². The van der Waals surface area contributed by atoms with E-state index in [1.165, 1.54) is 4.90 Å². The highest BCUT2D eigenvalue weighted by molar-refractivity contribution is 5.81. The average molecular weight is 245 g/mol. The van der Waals surface area contributed by atoms with Crippen molar-refractivity contribution < 1.29 is 24.2 Å². The zero-order valence-electron chi connectivity index (χ0n) is 10.6. The van der Waals surface area contributed by atoms with E-state index in [1.807, 2.05) is 0 Å². The van der Waals surface area contributed by atoms with Crippen molar-refractivity contribution in [1.29, 1.82) is 0 Å². The van der Waals surface area contributed by atoms with Crippen molar-refractivity contribution in [2.24, 2.45) is 0 Å². The van der Waals surface area contributed by atoms with Gasteiger partial charge in [0.1, 0.15) is 5.60 Å². The van der Waals surface area contributed by atoms with Gasteiger partial charge in [-0.1, -0.05) is 0 Å². The zero-order chi connectivity index (χ0) is 13.2. The molecule has 0 unspecified atom stereocenters. The second kappa shape index (κ2) is 4.91. The number of nitrogens with zero attached hydrogens (tertiary/aromatic N) is 1. The molecule has 1 N–H and O–H groups in total. The molecule has 0 aromatic carbocycles. The summed E-state index contributed by atoms with van der Waals surface area (Å²) in [6, 6.07) is -0.987. The van der Waals surface area contributed by atoms with Crippen molar-refractivity contribution in [3.05, 3.63) is 0 Å². The summed E-state index contributed by atoms with van der Waals surface area (Å²) in [5.41, 5.74) is -0.637. The predicted molar refractivity (Wildman–Crippen MR) is 59.8 cm³/mol. The Hall–Kier alpha value is -1.30. The lowest BCUT2D eigenvalue weighted by atomic mass is 10.1. The summed E-state index contributed by atoms with van der Waals surface area (Å²) in [4.78, 5) is 24.2. The molecule has 0 radical (unpaired) electrons. The third kappa shape index (κ3) is 3.59. The normalized spacial score (nSPS) is 25.5. The molecule has 1 aliphatic heterocycles. The van der Waals surface area contributed by atoms with E-state index in [0.29, 0.717) is 6.61 Å². The van der Waals surface area contributed by atoms with Gasteiger partial charge in [0.25, 0.3) is 0 Å². The minimum atomic E-state index is -1.08. The van der Waals surface area contributed by atoms with Gasteiger partial charge >= 0.3 is 12.1 Å². The molecule has 0 aromatic heterocycles. The van der Waals surface area contributed by atoms with Gasteiger partial charge in [0.05, 0.1) is 12.7 Å². The Morgan fingerprint density at radius 3 is 2.47 bits per heavy atom. The molecular formula is C11H19NO5. The van der Waals surface area contributed by atoms with Gasteiger partial charge in [-0.3, -0.25) is 4.90 Å². The molecule has 17 heavy (non-hydrogen) atoms. The molecule has 1 fully saturated rings. The SMILES string of the molecule is C[C@H]1OCCN(C(=O)OC(C)(C)C)[C@H]1C(=O)O. The summed E-state index contributed by atoms with van der Waals surface area (Å²) >= 11 is 0. The summed E-state index contributed by atoms with van der Waals surface area (Å²) in [5, 5.41) is 9.10. The number of ether oxygens (including phenoxy) is 2. The molecule has 1 rings (SSSR count). The van der Waals surface area contributed by atoms with E-state index in [2.05, 4.69) is 0 Å². The molecular weight excluding hydrogens is 226 g/mol. The van der Waals surface area contributed by atoms with Gasteiger partial charge in [0.15, 0.2) is 6.04 Å². The Kier molecular flexibility index (Phi) is 3.98. The fourth-order valence-corrected chi connectivity index (χ4v) is 1.68. The highest BCUT2D eigenvalue weighted by Crippen LogP contribution is 2.18. The van der Waals surface area contributed by atoms with E-state index < -0.39 is 29.8 Å². The maximum atomic E-state index is 11.9. The average Bonchev–Trinajstić information content (AvgIpc) is 2.13. The first-order valence-electron chi connectivity index (χ1n) is 5.56. The maximum absolute atomic E-state index is 11.9. The molecule has 1 amide bonds. The summed E-state index contributed by atoms with van der Waals surface area (Å²) in [7, 11) is 0. The van der Waals surface area contributed by atoms with Gasteiger partial charge in [-0.05, 0) is 27.7 Å². The van der Waals surface area contributed by atoms with Crippen LogP contribution in [0, 0.1) is 0 Å². The van der Waals surface area contributed by atoms with E-state index >= 15 is 0 Å². The van der Waals surface area contributed by atoms with Crippen molar-refractivity contribution in [2.75, 3.05) is 13.2 Å². The quantitative estimate of drug-likeness (QED) is 0.748. The first-order chi connectivity index (χ1) is 7.72. The van der Waals surface area contributed by atoms with Crippen LogP contribution in [-0.4, -0.2) is 53.0 Å². The molecule has 0 bridgehead atoms. The first kappa shape index (κ1) is 13.8. The Morgan fingerprint density at radius 1 is 1.41 bits per heavy atom. The van der Waals surface area contributed by atoms with Crippen LogP contribution >= 0.6 is 0 Å². The van der Waals surface area contributed by atoms with Crippen LogP contribution in [0.1, 0.15) is 27.7 Å². The van der Waals surface area contributed by atoms with Gasteiger partial charge in [-0.25, -0.2) is 9.59 Å². The Morgan fingerprint density at radius 2 is 2.00 bits per heavy atom. The van der Waals surface area contributed by atoms with Crippen LogP contribution in [0.5, 0.6) is 0 Å². The van der Waals surface area contributed by atoms with Crippen LogP contribution < -0.4 is 0 Å². The van der Waals surface area contributed by atoms with E-state index in [0.717, 1.165) is 0 Å². The molecule has 6 heteroatoms. The van der Waals surface area contributed by atoms with Gasteiger partial charge in [-0.2, -0.15) is 0 Å². The lowest BCUT2D eigenvalue weighted by molar-refractivity contribution is -0.154. The second-order valence-electron chi connectivity index (χ2n) is 5.03. The molecule has 0 aromatic rings. The lowest BCUT2D eigenvalue weighted by Crippen LogP contribution is -2.57. The second-order valence-corrected chi connectivity index (χ2v) is 5.03. The van der Waals surface area contributed by atoms with E-state index in [1.54, 1.807) is 27.7 Å². The summed E-state index contributed by atoms with van der Waals surface area (Å²) in [5.74, 6) is -1.08. The summed E-state index contributed by atoms with van der Waals surface area (Å²) < 4.78 is 10.4. The fourth-order valence-electron chi connectivity index (χ4n) is 1.68.